The molecule has 0 saturated carbocycles. The molecule has 0 aliphatic carbocycles. The lowest BCUT2D eigenvalue weighted by Crippen LogP contribution is -2.06. The topological polar surface area (TPSA) is 37.8 Å². The summed E-state index contributed by atoms with van der Waals surface area (Å²) in [5.74, 6) is 0.647. The SMILES string of the molecule is CCCc1c(NCC)ncnc1-c1ccc(C)c(F)c1. The summed E-state index contributed by atoms with van der Waals surface area (Å²) in [6.07, 6.45) is 3.39. The van der Waals surface area contributed by atoms with Gasteiger partial charge in [0, 0.05) is 17.7 Å². The van der Waals surface area contributed by atoms with E-state index in [1.165, 1.54) is 6.33 Å². The van der Waals surface area contributed by atoms with Crippen molar-refractivity contribution in [2.24, 2.45) is 0 Å². The predicted octanol–water partition coefficient (Wildman–Crippen LogP) is 3.98. The highest BCUT2D eigenvalue weighted by molar-refractivity contribution is 5.68. The Morgan fingerprint density at radius 3 is 2.65 bits per heavy atom. The second-order valence-corrected chi connectivity index (χ2v) is 4.79. The van der Waals surface area contributed by atoms with Crippen molar-refractivity contribution in [2.45, 2.75) is 33.6 Å². The van der Waals surface area contributed by atoms with E-state index in [1.807, 2.05) is 13.0 Å². The van der Waals surface area contributed by atoms with Gasteiger partial charge in [0.05, 0.1) is 5.69 Å². The molecule has 1 N–H and O–H groups in total. The average Bonchev–Trinajstić information content (AvgIpc) is 2.44. The first-order valence-electron chi connectivity index (χ1n) is 7.01. The van der Waals surface area contributed by atoms with Gasteiger partial charge in [0.15, 0.2) is 0 Å². The van der Waals surface area contributed by atoms with Gasteiger partial charge < -0.3 is 5.32 Å². The average molecular weight is 273 g/mol. The largest absolute Gasteiger partial charge is 0.370 e. The van der Waals surface area contributed by atoms with E-state index in [9.17, 15) is 4.39 Å². The fourth-order valence-corrected chi connectivity index (χ4v) is 2.21. The highest BCUT2D eigenvalue weighted by Gasteiger charge is 2.13. The Bertz CT molecular complexity index is 596. The lowest BCUT2D eigenvalue weighted by molar-refractivity contribution is 0.619. The van der Waals surface area contributed by atoms with Crippen LogP contribution in [0.5, 0.6) is 0 Å². The molecule has 20 heavy (non-hydrogen) atoms. The molecule has 1 aromatic heterocycles. The first kappa shape index (κ1) is 14.4. The van der Waals surface area contributed by atoms with Crippen molar-refractivity contribution < 1.29 is 4.39 Å². The third kappa shape index (κ3) is 2.95. The number of anilines is 1. The van der Waals surface area contributed by atoms with Crippen LogP contribution < -0.4 is 5.32 Å². The molecule has 2 rings (SSSR count). The van der Waals surface area contributed by atoms with E-state index in [2.05, 4.69) is 22.2 Å². The molecule has 0 amide bonds. The van der Waals surface area contributed by atoms with Gasteiger partial charge in [-0.1, -0.05) is 25.5 Å². The van der Waals surface area contributed by atoms with Gasteiger partial charge in [-0.2, -0.15) is 0 Å². The quantitative estimate of drug-likeness (QED) is 0.895. The summed E-state index contributed by atoms with van der Waals surface area (Å²) in [5.41, 5.74) is 3.32. The molecule has 0 atom stereocenters. The van der Waals surface area contributed by atoms with Crippen LogP contribution in [0.15, 0.2) is 24.5 Å². The number of nitrogens with zero attached hydrogens (tertiary/aromatic N) is 2. The zero-order valence-electron chi connectivity index (χ0n) is 12.2. The molecule has 0 spiro atoms. The van der Waals surface area contributed by atoms with Crippen LogP contribution in [-0.2, 0) is 6.42 Å². The van der Waals surface area contributed by atoms with Crippen LogP contribution in [0.4, 0.5) is 10.2 Å². The number of rotatable bonds is 5. The van der Waals surface area contributed by atoms with Crippen LogP contribution in [0.25, 0.3) is 11.3 Å². The van der Waals surface area contributed by atoms with Gasteiger partial charge >= 0.3 is 0 Å². The smallest absolute Gasteiger partial charge is 0.133 e. The van der Waals surface area contributed by atoms with Crippen molar-refractivity contribution in [1.29, 1.82) is 0 Å². The van der Waals surface area contributed by atoms with Gasteiger partial charge in [0.2, 0.25) is 0 Å². The molecular formula is C16H20FN3. The Labute approximate surface area is 119 Å². The second-order valence-electron chi connectivity index (χ2n) is 4.79. The number of hydrogen-bond acceptors (Lipinski definition) is 3. The lowest BCUT2D eigenvalue weighted by Gasteiger charge is -2.13. The fraction of sp³-hybridized carbons (Fsp3) is 0.375. The molecule has 106 valence electrons. The number of hydrogen-bond donors (Lipinski definition) is 1. The molecule has 4 heteroatoms. The Balaban J connectivity index is 2.53. The van der Waals surface area contributed by atoms with Gasteiger partial charge in [-0.15, -0.1) is 0 Å². The molecule has 0 radical (unpaired) electrons. The van der Waals surface area contributed by atoms with Crippen LogP contribution in [0.2, 0.25) is 0 Å². The number of aryl methyl sites for hydroxylation is 1. The maximum atomic E-state index is 13.8. The van der Waals surface area contributed by atoms with Crippen LogP contribution in [-0.4, -0.2) is 16.5 Å². The molecule has 1 heterocycles. The van der Waals surface area contributed by atoms with Crippen molar-refractivity contribution in [1.82, 2.24) is 9.97 Å². The number of benzene rings is 1. The zero-order valence-corrected chi connectivity index (χ0v) is 12.2. The summed E-state index contributed by atoms with van der Waals surface area (Å²) < 4.78 is 13.8. The van der Waals surface area contributed by atoms with Crippen molar-refractivity contribution in [3.63, 3.8) is 0 Å². The van der Waals surface area contributed by atoms with Gasteiger partial charge in [0.1, 0.15) is 18.0 Å². The summed E-state index contributed by atoms with van der Waals surface area (Å²) in [5, 5.41) is 3.25. The van der Waals surface area contributed by atoms with Crippen molar-refractivity contribution >= 4 is 5.82 Å². The number of halogens is 1. The van der Waals surface area contributed by atoms with E-state index in [0.29, 0.717) is 5.56 Å². The Morgan fingerprint density at radius 2 is 2.00 bits per heavy atom. The lowest BCUT2D eigenvalue weighted by atomic mass is 10.0. The van der Waals surface area contributed by atoms with Crippen LogP contribution in [0.1, 0.15) is 31.4 Å². The summed E-state index contributed by atoms with van der Waals surface area (Å²) >= 11 is 0. The van der Waals surface area contributed by atoms with E-state index in [4.69, 9.17) is 0 Å². The third-order valence-corrected chi connectivity index (χ3v) is 3.23. The zero-order chi connectivity index (χ0) is 14.5. The molecule has 3 nitrogen and oxygen atoms in total. The van der Waals surface area contributed by atoms with E-state index < -0.39 is 0 Å². The number of nitrogens with one attached hydrogen (secondary N) is 1. The van der Waals surface area contributed by atoms with Crippen LogP contribution in [0.3, 0.4) is 0 Å². The monoisotopic (exact) mass is 273 g/mol. The minimum atomic E-state index is -0.200. The standard InChI is InChI=1S/C16H20FN3/c1-4-6-13-15(19-10-20-16(13)18-5-2)12-8-7-11(3)14(17)9-12/h7-10H,4-6H2,1-3H3,(H,18,19,20). The van der Waals surface area contributed by atoms with Gasteiger partial charge in [0.25, 0.3) is 0 Å². The minimum absolute atomic E-state index is 0.200. The molecule has 2 aromatic rings. The normalized spacial score (nSPS) is 10.6. The summed E-state index contributed by atoms with van der Waals surface area (Å²) in [6.45, 7) is 6.71. The van der Waals surface area contributed by atoms with Crippen LogP contribution >= 0.6 is 0 Å². The summed E-state index contributed by atoms with van der Waals surface area (Å²) in [6, 6.07) is 5.25. The molecule has 0 bridgehead atoms. The fourth-order valence-electron chi connectivity index (χ4n) is 2.21. The number of aromatic nitrogens is 2. The predicted molar refractivity (Wildman–Crippen MR) is 80.3 cm³/mol. The minimum Gasteiger partial charge on any atom is -0.370 e. The molecule has 0 aliphatic rings. The summed E-state index contributed by atoms with van der Waals surface area (Å²) in [7, 11) is 0. The Kier molecular flexibility index (Phi) is 4.66. The van der Waals surface area contributed by atoms with Gasteiger partial charge in [-0.25, -0.2) is 14.4 Å². The van der Waals surface area contributed by atoms with E-state index in [-0.39, 0.29) is 5.82 Å². The molecule has 0 unspecified atom stereocenters. The first-order valence-corrected chi connectivity index (χ1v) is 7.01. The molecule has 1 aromatic carbocycles. The van der Waals surface area contributed by atoms with E-state index in [0.717, 1.165) is 42.0 Å². The van der Waals surface area contributed by atoms with Gasteiger partial charge in [-0.05, 0) is 31.9 Å². The van der Waals surface area contributed by atoms with E-state index in [1.54, 1.807) is 19.1 Å². The van der Waals surface area contributed by atoms with Crippen LogP contribution in [0, 0.1) is 12.7 Å². The maximum absolute atomic E-state index is 13.8. The second kappa shape index (κ2) is 6.46. The van der Waals surface area contributed by atoms with Gasteiger partial charge in [-0.3, -0.25) is 0 Å². The highest BCUT2D eigenvalue weighted by atomic mass is 19.1. The Morgan fingerprint density at radius 1 is 1.20 bits per heavy atom. The van der Waals surface area contributed by atoms with Crippen molar-refractivity contribution in [2.75, 3.05) is 11.9 Å². The third-order valence-electron chi connectivity index (χ3n) is 3.23. The van der Waals surface area contributed by atoms with Crippen molar-refractivity contribution in [3.8, 4) is 11.3 Å². The maximum Gasteiger partial charge on any atom is 0.133 e. The highest BCUT2D eigenvalue weighted by Crippen LogP contribution is 2.28. The first-order chi connectivity index (χ1) is 9.67. The molecule has 0 fully saturated rings. The van der Waals surface area contributed by atoms with E-state index >= 15 is 0 Å². The van der Waals surface area contributed by atoms with Crippen molar-refractivity contribution in [3.05, 3.63) is 41.5 Å². The molecule has 0 saturated heterocycles. The molecule has 0 aliphatic heterocycles. The molecular weight excluding hydrogens is 253 g/mol. The summed E-state index contributed by atoms with van der Waals surface area (Å²) in [4.78, 5) is 8.66. The Hall–Kier alpha value is -1.97.